The van der Waals surface area contributed by atoms with Crippen LogP contribution in [0.15, 0.2) is 0 Å². The number of sulfone groups is 1. The fourth-order valence-electron chi connectivity index (χ4n) is 1.44. The molecular weight excluding hydrogens is 220 g/mol. The predicted molar refractivity (Wildman–Crippen MR) is 57.5 cm³/mol. The normalized spacial score (nSPS) is 18.9. The summed E-state index contributed by atoms with van der Waals surface area (Å²) in [6.07, 6.45) is 0.569. The molecular formula is C8H12N2O2S2. The van der Waals surface area contributed by atoms with Crippen LogP contribution in [0.2, 0.25) is 0 Å². The summed E-state index contributed by atoms with van der Waals surface area (Å²) >= 11 is 1.46. The second kappa shape index (κ2) is 3.51. The van der Waals surface area contributed by atoms with E-state index < -0.39 is 9.84 Å². The van der Waals surface area contributed by atoms with Crippen molar-refractivity contribution in [2.75, 3.05) is 17.6 Å². The predicted octanol–water partition coefficient (Wildman–Crippen LogP) is 1.05. The highest BCUT2D eigenvalue weighted by Gasteiger charge is 2.24. The molecule has 1 aromatic rings. The van der Waals surface area contributed by atoms with E-state index in [1.165, 1.54) is 11.3 Å². The zero-order chi connectivity index (χ0) is 10.2. The van der Waals surface area contributed by atoms with Crippen LogP contribution >= 0.6 is 11.3 Å². The number of thiazole rings is 1. The Hall–Kier alpha value is -0.620. The lowest BCUT2D eigenvalue weighted by atomic mass is 10.3. The molecule has 0 unspecified atom stereocenters. The van der Waals surface area contributed by atoms with Crippen LogP contribution < -0.4 is 5.32 Å². The van der Waals surface area contributed by atoms with Crippen molar-refractivity contribution in [1.29, 1.82) is 0 Å². The molecule has 1 N–H and O–H groups in total. The van der Waals surface area contributed by atoms with E-state index in [0.29, 0.717) is 6.42 Å². The molecule has 1 aliphatic heterocycles. The number of aromatic nitrogens is 1. The van der Waals surface area contributed by atoms with Crippen LogP contribution in [-0.2, 0) is 22.0 Å². The Balaban J connectivity index is 2.30. The van der Waals surface area contributed by atoms with Gasteiger partial charge >= 0.3 is 0 Å². The van der Waals surface area contributed by atoms with Crippen molar-refractivity contribution in [3.63, 3.8) is 0 Å². The zero-order valence-electron chi connectivity index (χ0n) is 7.91. The Kier molecular flexibility index (Phi) is 2.48. The Bertz CT molecular complexity index is 436. The van der Waals surface area contributed by atoms with Gasteiger partial charge in [-0.2, -0.15) is 0 Å². The average molecular weight is 232 g/mol. The van der Waals surface area contributed by atoms with Crippen LogP contribution in [-0.4, -0.2) is 25.7 Å². The van der Waals surface area contributed by atoms with E-state index in [9.17, 15) is 8.42 Å². The van der Waals surface area contributed by atoms with Crippen molar-refractivity contribution < 1.29 is 8.42 Å². The highest BCUT2D eigenvalue weighted by molar-refractivity contribution is 7.90. The summed E-state index contributed by atoms with van der Waals surface area (Å²) in [5, 5.41) is 3.95. The van der Waals surface area contributed by atoms with Crippen LogP contribution in [0.3, 0.4) is 0 Å². The van der Waals surface area contributed by atoms with Gasteiger partial charge in [-0.05, 0) is 6.92 Å². The number of aryl methyl sites for hydroxylation is 1. The number of hydrogen-bond acceptors (Lipinski definition) is 5. The van der Waals surface area contributed by atoms with Gasteiger partial charge in [0, 0.05) is 17.8 Å². The van der Waals surface area contributed by atoms with Crippen LogP contribution in [0.1, 0.15) is 17.5 Å². The van der Waals surface area contributed by atoms with Crippen molar-refractivity contribution in [3.05, 3.63) is 10.6 Å². The van der Waals surface area contributed by atoms with Gasteiger partial charge in [0.05, 0.1) is 17.2 Å². The molecule has 2 heterocycles. The Morgan fingerprint density at radius 1 is 1.57 bits per heavy atom. The number of fused-ring (bicyclic) bond motifs is 1. The molecule has 0 amide bonds. The SMILES string of the molecule is CCNc1nc2c(s1)CS(=O)(=O)CC2. The Morgan fingerprint density at radius 3 is 3.07 bits per heavy atom. The molecule has 0 aromatic carbocycles. The molecule has 14 heavy (non-hydrogen) atoms. The molecule has 0 saturated heterocycles. The molecule has 0 atom stereocenters. The molecule has 2 rings (SSSR count). The first-order chi connectivity index (χ1) is 6.61. The standard InChI is InChI=1S/C8H12N2O2S2/c1-2-9-8-10-6-3-4-14(11,12)5-7(6)13-8/h2-5H2,1H3,(H,9,10). The lowest BCUT2D eigenvalue weighted by Gasteiger charge is -2.08. The summed E-state index contributed by atoms with van der Waals surface area (Å²) in [6, 6.07) is 0. The van der Waals surface area contributed by atoms with Crippen molar-refractivity contribution in [1.82, 2.24) is 4.98 Å². The fourth-order valence-corrected chi connectivity index (χ4v) is 4.30. The van der Waals surface area contributed by atoms with Crippen molar-refractivity contribution in [2.45, 2.75) is 19.1 Å². The second-order valence-electron chi connectivity index (χ2n) is 3.26. The van der Waals surface area contributed by atoms with Gasteiger partial charge in [0.2, 0.25) is 0 Å². The molecule has 1 aromatic heterocycles. The molecule has 1 aliphatic rings. The van der Waals surface area contributed by atoms with Gasteiger partial charge < -0.3 is 5.32 Å². The van der Waals surface area contributed by atoms with Crippen molar-refractivity contribution in [2.24, 2.45) is 0 Å². The molecule has 4 nitrogen and oxygen atoms in total. The van der Waals surface area contributed by atoms with E-state index >= 15 is 0 Å². The van der Waals surface area contributed by atoms with Crippen LogP contribution in [0, 0.1) is 0 Å². The first-order valence-electron chi connectivity index (χ1n) is 4.53. The molecule has 0 bridgehead atoms. The van der Waals surface area contributed by atoms with Gasteiger partial charge in [0.15, 0.2) is 15.0 Å². The maximum absolute atomic E-state index is 11.3. The summed E-state index contributed by atoms with van der Waals surface area (Å²) in [5.74, 6) is 0.417. The van der Waals surface area contributed by atoms with Crippen molar-refractivity contribution in [3.8, 4) is 0 Å². The van der Waals surface area contributed by atoms with E-state index in [-0.39, 0.29) is 11.5 Å². The lowest BCUT2D eigenvalue weighted by molar-refractivity contribution is 0.591. The largest absolute Gasteiger partial charge is 0.362 e. The maximum atomic E-state index is 11.3. The number of anilines is 1. The second-order valence-corrected chi connectivity index (χ2v) is 6.53. The quantitative estimate of drug-likeness (QED) is 0.828. The minimum absolute atomic E-state index is 0.172. The summed E-state index contributed by atoms with van der Waals surface area (Å²) in [7, 11) is -2.86. The van der Waals surface area contributed by atoms with Gasteiger partial charge in [0.1, 0.15) is 0 Å². The maximum Gasteiger partial charge on any atom is 0.183 e. The Labute approximate surface area is 87.3 Å². The highest BCUT2D eigenvalue weighted by Crippen LogP contribution is 2.29. The van der Waals surface area contributed by atoms with Gasteiger partial charge in [-0.3, -0.25) is 0 Å². The van der Waals surface area contributed by atoms with E-state index in [0.717, 1.165) is 22.2 Å². The third-order valence-electron chi connectivity index (χ3n) is 2.11. The van der Waals surface area contributed by atoms with Gasteiger partial charge in [0.25, 0.3) is 0 Å². The third-order valence-corrected chi connectivity index (χ3v) is 4.90. The molecule has 78 valence electrons. The van der Waals surface area contributed by atoms with Crippen LogP contribution in [0.4, 0.5) is 5.13 Å². The van der Waals surface area contributed by atoms with Crippen LogP contribution in [0.5, 0.6) is 0 Å². The van der Waals surface area contributed by atoms with Gasteiger partial charge in [-0.25, -0.2) is 13.4 Å². The minimum atomic E-state index is -2.86. The zero-order valence-corrected chi connectivity index (χ0v) is 9.54. The average Bonchev–Trinajstić information content (AvgIpc) is 2.45. The molecule has 0 aliphatic carbocycles. The highest BCUT2D eigenvalue weighted by atomic mass is 32.2. The topological polar surface area (TPSA) is 59.1 Å². The van der Waals surface area contributed by atoms with E-state index in [1.807, 2.05) is 6.92 Å². The number of rotatable bonds is 2. The summed E-state index contributed by atoms with van der Waals surface area (Å²) in [5.41, 5.74) is 0.959. The molecule has 6 heteroatoms. The third kappa shape index (κ3) is 1.90. The van der Waals surface area contributed by atoms with E-state index in [4.69, 9.17) is 0 Å². The first kappa shape index (κ1) is 9.92. The molecule has 0 spiro atoms. The van der Waals surface area contributed by atoms with E-state index in [2.05, 4.69) is 10.3 Å². The smallest absolute Gasteiger partial charge is 0.183 e. The molecule has 0 radical (unpaired) electrons. The van der Waals surface area contributed by atoms with Gasteiger partial charge in [-0.1, -0.05) is 0 Å². The summed E-state index contributed by atoms with van der Waals surface area (Å²) < 4.78 is 22.7. The number of hydrogen-bond donors (Lipinski definition) is 1. The molecule has 0 fully saturated rings. The Morgan fingerprint density at radius 2 is 2.36 bits per heavy atom. The minimum Gasteiger partial charge on any atom is -0.362 e. The van der Waals surface area contributed by atoms with Crippen molar-refractivity contribution >= 4 is 26.3 Å². The summed E-state index contributed by atoms with van der Waals surface area (Å²) in [6.45, 7) is 2.82. The first-order valence-corrected chi connectivity index (χ1v) is 7.17. The fraction of sp³-hybridized carbons (Fsp3) is 0.625. The number of nitrogens with one attached hydrogen (secondary N) is 1. The van der Waals surface area contributed by atoms with E-state index in [1.54, 1.807) is 0 Å². The van der Waals surface area contributed by atoms with Gasteiger partial charge in [-0.15, -0.1) is 11.3 Å². The molecule has 0 saturated carbocycles. The van der Waals surface area contributed by atoms with Crippen LogP contribution in [0.25, 0.3) is 0 Å². The summed E-state index contributed by atoms with van der Waals surface area (Å²) in [4.78, 5) is 5.26. The lowest BCUT2D eigenvalue weighted by Crippen LogP contribution is -2.17. The monoisotopic (exact) mass is 232 g/mol. The number of nitrogens with zero attached hydrogens (tertiary/aromatic N) is 1.